The van der Waals surface area contributed by atoms with E-state index < -0.39 is 5.97 Å². The minimum absolute atomic E-state index is 0.0845. The average molecular weight is 200 g/mol. The first-order chi connectivity index (χ1) is 6.57. The van der Waals surface area contributed by atoms with Gasteiger partial charge in [0.25, 0.3) is 0 Å². The highest BCUT2D eigenvalue weighted by atomic mass is 16.6. The molecule has 0 spiro atoms. The Labute approximate surface area is 83.9 Å². The zero-order valence-electron chi connectivity index (χ0n) is 8.67. The number of hydrogen-bond donors (Lipinski definition) is 0. The molecule has 0 atom stereocenters. The van der Waals surface area contributed by atoms with Gasteiger partial charge in [-0.1, -0.05) is 13.5 Å². The fourth-order valence-corrected chi connectivity index (χ4v) is 0.689. The van der Waals surface area contributed by atoms with Crippen LogP contribution in [0.2, 0.25) is 0 Å². The number of carbonyl (C=O) groups excluding carboxylic acids is 2. The van der Waals surface area contributed by atoms with Gasteiger partial charge >= 0.3 is 11.9 Å². The maximum absolute atomic E-state index is 10.9. The van der Waals surface area contributed by atoms with Gasteiger partial charge < -0.3 is 9.47 Å². The van der Waals surface area contributed by atoms with Crippen molar-refractivity contribution in [2.75, 3.05) is 13.2 Å². The molecule has 0 radical (unpaired) electrons. The zero-order valence-corrected chi connectivity index (χ0v) is 8.67. The van der Waals surface area contributed by atoms with Gasteiger partial charge in [0.05, 0.1) is 0 Å². The van der Waals surface area contributed by atoms with Gasteiger partial charge in [0.1, 0.15) is 13.2 Å². The first-order valence-electron chi connectivity index (χ1n) is 4.56. The van der Waals surface area contributed by atoms with E-state index in [1.807, 2.05) is 6.92 Å². The molecular weight excluding hydrogens is 184 g/mol. The molecule has 0 aliphatic heterocycles. The Balaban J connectivity index is 3.42. The molecule has 0 amide bonds. The number of rotatable bonds is 6. The molecule has 0 heterocycles. The lowest BCUT2D eigenvalue weighted by Crippen LogP contribution is -2.13. The Morgan fingerprint density at radius 2 is 1.79 bits per heavy atom. The molecule has 0 aromatic rings. The molecule has 4 heteroatoms. The van der Waals surface area contributed by atoms with Crippen LogP contribution in [-0.4, -0.2) is 25.2 Å². The van der Waals surface area contributed by atoms with E-state index in [1.165, 1.54) is 0 Å². The summed E-state index contributed by atoms with van der Waals surface area (Å²) in [6, 6.07) is 0. The highest BCUT2D eigenvalue weighted by molar-refractivity contribution is 5.86. The van der Waals surface area contributed by atoms with Crippen LogP contribution < -0.4 is 0 Å². The van der Waals surface area contributed by atoms with Crippen LogP contribution in [-0.2, 0) is 19.1 Å². The lowest BCUT2D eigenvalue weighted by Gasteiger charge is -2.05. The Kier molecular flexibility index (Phi) is 6.45. The topological polar surface area (TPSA) is 52.6 Å². The van der Waals surface area contributed by atoms with E-state index in [2.05, 4.69) is 6.58 Å². The van der Waals surface area contributed by atoms with Crippen molar-refractivity contribution in [1.82, 2.24) is 0 Å². The Hall–Kier alpha value is -1.32. The number of carbonyl (C=O) groups is 2. The predicted octanol–water partition coefficient (Wildman–Crippen LogP) is 1.45. The van der Waals surface area contributed by atoms with Crippen molar-refractivity contribution in [3.8, 4) is 0 Å². The summed E-state index contributed by atoms with van der Waals surface area (Å²) in [5, 5.41) is 0. The average Bonchev–Trinajstić information content (AvgIpc) is 2.12. The van der Waals surface area contributed by atoms with Gasteiger partial charge in [-0.3, -0.25) is 4.79 Å². The molecule has 0 saturated heterocycles. The summed E-state index contributed by atoms with van der Waals surface area (Å²) < 4.78 is 9.48. The summed E-state index contributed by atoms with van der Waals surface area (Å²) in [5.41, 5.74) is 0.338. The predicted molar refractivity (Wildman–Crippen MR) is 51.6 cm³/mol. The Bertz CT molecular complexity index is 220. The lowest BCUT2D eigenvalue weighted by atomic mass is 10.3. The standard InChI is InChI=1S/C10H16O4/c1-4-5-9(11)13-6-7-14-10(12)8(2)3/h2,4-7H2,1,3H3. The molecule has 0 fully saturated rings. The highest BCUT2D eigenvalue weighted by Gasteiger charge is 2.04. The molecule has 0 aromatic carbocycles. The number of ether oxygens (including phenoxy) is 2. The quantitative estimate of drug-likeness (QED) is 0.370. The maximum atomic E-state index is 10.9. The molecule has 0 aliphatic rings. The fourth-order valence-electron chi connectivity index (χ4n) is 0.689. The van der Waals surface area contributed by atoms with E-state index in [1.54, 1.807) is 6.92 Å². The van der Waals surface area contributed by atoms with Crippen LogP contribution in [0.1, 0.15) is 26.7 Å². The van der Waals surface area contributed by atoms with E-state index in [9.17, 15) is 9.59 Å². The van der Waals surface area contributed by atoms with Crippen molar-refractivity contribution in [1.29, 1.82) is 0 Å². The molecule has 0 unspecified atom stereocenters. The smallest absolute Gasteiger partial charge is 0.333 e. The van der Waals surface area contributed by atoms with Crippen molar-refractivity contribution >= 4 is 11.9 Å². The number of esters is 2. The van der Waals surface area contributed by atoms with Crippen LogP contribution in [0.25, 0.3) is 0 Å². The molecule has 14 heavy (non-hydrogen) atoms. The first-order valence-corrected chi connectivity index (χ1v) is 4.56. The van der Waals surface area contributed by atoms with Crippen LogP contribution >= 0.6 is 0 Å². The summed E-state index contributed by atoms with van der Waals surface area (Å²) in [5.74, 6) is -0.726. The summed E-state index contributed by atoms with van der Waals surface area (Å²) in [7, 11) is 0. The van der Waals surface area contributed by atoms with E-state index in [0.29, 0.717) is 12.0 Å². The minimum atomic E-state index is -0.462. The third-order valence-corrected chi connectivity index (χ3v) is 1.38. The normalized spacial score (nSPS) is 9.29. The third-order valence-electron chi connectivity index (χ3n) is 1.38. The Morgan fingerprint density at radius 1 is 1.21 bits per heavy atom. The summed E-state index contributed by atoms with van der Waals surface area (Å²) in [6.07, 6.45) is 1.15. The van der Waals surface area contributed by atoms with Crippen molar-refractivity contribution in [3.63, 3.8) is 0 Å². The van der Waals surface area contributed by atoms with Crippen molar-refractivity contribution in [3.05, 3.63) is 12.2 Å². The van der Waals surface area contributed by atoms with Crippen LogP contribution in [0.5, 0.6) is 0 Å². The monoisotopic (exact) mass is 200 g/mol. The van der Waals surface area contributed by atoms with E-state index in [-0.39, 0.29) is 19.2 Å². The fraction of sp³-hybridized carbons (Fsp3) is 0.600. The number of hydrogen-bond acceptors (Lipinski definition) is 4. The lowest BCUT2D eigenvalue weighted by molar-refractivity contribution is -0.150. The second kappa shape index (κ2) is 7.12. The van der Waals surface area contributed by atoms with Crippen LogP contribution in [0.15, 0.2) is 12.2 Å². The highest BCUT2D eigenvalue weighted by Crippen LogP contribution is 1.93. The van der Waals surface area contributed by atoms with Gasteiger partial charge in [-0.25, -0.2) is 4.79 Å². The summed E-state index contributed by atoms with van der Waals surface area (Å²) in [4.78, 5) is 21.7. The zero-order chi connectivity index (χ0) is 11.0. The van der Waals surface area contributed by atoms with Gasteiger partial charge in [0.15, 0.2) is 0 Å². The molecule has 0 aliphatic carbocycles. The van der Waals surface area contributed by atoms with E-state index in [4.69, 9.17) is 9.47 Å². The molecule has 0 N–H and O–H groups in total. The molecule has 0 bridgehead atoms. The van der Waals surface area contributed by atoms with Crippen molar-refractivity contribution in [2.24, 2.45) is 0 Å². The largest absolute Gasteiger partial charge is 0.462 e. The van der Waals surface area contributed by atoms with Gasteiger partial charge in [-0.2, -0.15) is 0 Å². The second-order valence-corrected chi connectivity index (χ2v) is 2.89. The third kappa shape index (κ3) is 6.22. The van der Waals surface area contributed by atoms with E-state index >= 15 is 0 Å². The maximum Gasteiger partial charge on any atom is 0.333 e. The van der Waals surface area contributed by atoms with E-state index in [0.717, 1.165) is 6.42 Å². The molecule has 0 aromatic heterocycles. The van der Waals surface area contributed by atoms with Gasteiger partial charge in [-0.15, -0.1) is 0 Å². The molecule has 80 valence electrons. The molecular formula is C10H16O4. The van der Waals surface area contributed by atoms with Gasteiger partial charge in [0.2, 0.25) is 0 Å². The molecule has 0 saturated carbocycles. The molecule has 0 rings (SSSR count). The molecule has 4 nitrogen and oxygen atoms in total. The van der Waals surface area contributed by atoms with Crippen LogP contribution in [0.4, 0.5) is 0 Å². The SMILES string of the molecule is C=C(C)C(=O)OCCOC(=O)CCC. The summed E-state index contributed by atoms with van der Waals surface area (Å²) >= 11 is 0. The van der Waals surface area contributed by atoms with Crippen molar-refractivity contribution in [2.45, 2.75) is 26.7 Å². The van der Waals surface area contributed by atoms with Crippen LogP contribution in [0.3, 0.4) is 0 Å². The summed E-state index contributed by atoms with van der Waals surface area (Å²) in [6.45, 7) is 7.06. The first kappa shape index (κ1) is 12.7. The minimum Gasteiger partial charge on any atom is -0.462 e. The van der Waals surface area contributed by atoms with Gasteiger partial charge in [0, 0.05) is 12.0 Å². The van der Waals surface area contributed by atoms with Gasteiger partial charge in [-0.05, 0) is 13.3 Å². The second-order valence-electron chi connectivity index (χ2n) is 2.89. The van der Waals surface area contributed by atoms with Crippen molar-refractivity contribution < 1.29 is 19.1 Å². The van der Waals surface area contributed by atoms with Crippen LogP contribution in [0, 0.1) is 0 Å². The Morgan fingerprint density at radius 3 is 2.29 bits per heavy atom.